The van der Waals surface area contributed by atoms with Crippen LogP contribution in [0.15, 0.2) is 36.4 Å². The standard InChI is InChI=1S/C23H25FN2O3/c24-17-9-7-14(8-10-17)21(13-3-1-2-4-13)25-18(27)12-26-22(28)19-15-5-6-16(11-15)20(19)23(26)29/h5-10,13,15-16,19-21H,1-4,11-12H2,(H,25,27)/t15-,16-,19-,20+,21-/m0/s1. The average Bonchev–Trinajstić information content (AvgIpc) is 3.49. The van der Waals surface area contributed by atoms with E-state index in [1.807, 2.05) is 12.2 Å². The van der Waals surface area contributed by atoms with Crippen LogP contribution in [0.4, 0.5) is 4.39 Å². The number of fused-ring (bicyclic) bond motifs is 5. The Bertz CT molecular complexity index is 845. The molecule has 0 radical (unpaired) electrons. The van der Waals surface area contributed by atoms with Crippen LogP contribution in [0, 0.1) is 35.4 Å². The molecule has 0 aromatic heterocycles. The largest absolute Gasteiger partial charge is 0.347 e. The molecule has 2 saturated carbocycles. The first-order chi connectivity index (χ1) is 14.0. The number of halogens is 1. The summed E-state index contributed by atoms with van der Waals surface area (Å²) in [5, 5.41) is 3.04. The second-order valence-corrected chi connectivity index (χ2v) is 8.90. The zero-order valence-electron chi connectivity index (χ0n) is 16.2. The number of benzene rings is 1. The van der Waals surface area contributed by atoms with Gasteiger partial charge < -0.3 is 5.32 Å². The zero-order chi connectivity index (χ0) is 20.1. The molecular formula is C23H25FN2O3. The van der Waals surface area contributed by atoms with Gasteiger partial charge in [-0.05, 0) is 54.7 Å². The van der Waals surface area contributed by atoms with Gasteiger partial charge in [0.2, 0.25) is 17.7 Å². The molecule has 3 aliphatic carbocycles. The van der Waals surface area contributed by atoms with Crippen molar-refractivity contribution in [3.8, 4) is 0 Å². The fraction of sp³-hybridized carbons (Fsp3) is 0.522. The minimum Gasteiger partial charge on any atom is -0.347 e. The summed E-state index contributed by atoms with van der Waals surface area (Å²) in [6.45, 7) is -0.228. The smallest absolute Gasteiger partial charge is 0.240 e. The number of nitrogens with one attached hydrogen (secondary N) is 1. The first kappa shape index (κ1) is 18.5. The number of hydrogen-bond acceptors (Lipinski definition) is 3. The number of imide groups is 1. The average molecular weight is 396 g/mol. The van der Waals surface area contributed by atoms with Gasteiger partial charge in [-0.1, -0.05) is 37.1 Å². The van der Waals surface area contributed by atoms with E-state index < -0.39 is 0 Å². The fourth-order valence-corrected chi connectivity index (χ4v) is 5.92. The molecule has 1 aromatic rings. The van der Waals surface area contributed by atoms with Crippen LogP contribution in [0.2, 0.25) is 0 Å². The van der Waals surface area contributed by atoms with E-state index in [0.717, 1.165) is 42.6 Å². The van der Waals surface area contributed by atoms with E-state index in [0.29, 0.717) is 0 Å². The minimum absolute atomic E-state index is 0.139. The Hall–Kier alpha value is -2.50. The lowest BCUT2D eigenvalue weighted by Gasteiger charge is -2.26. The van der Waals surface area contributed by atoms with Crippen LogP contribution in [-0.4, -0.2) is 29.2 Å². The third-order valence-corrected chi connectivity index (χ3v) is 7.28. The van der Waals surface area contributed by atoms with E-state index in [2.05, 4.69) is 5.32 Å². The molecule has 1 aromatic carbocycles. The number of likely N-dealkylation sites (tertiary alicyclic amines) is 1. The summed E-state index contributed by atoms with van der Waals surface area (Å²) in [5.41, 5.74) is 0.866. The van der Waals surface area contributed by atoms with Crippen molar-refractivity contribution in [2.75, 3.05) is 6.54 Å². The summed E-state index contributed by atoms with van der Waals surface area (Å²) in [6.07, 6.45) is 9.20. The van der Waals surface area contributed by atoms with Crippen LogP contribution in [-0.2, 0) is 14.4 Å². The third-order valence-electron chi connectivity index (χ3n) is 7.28. The normalized spacial score (nSPS) is 31.6. The van der Waals surface area contributed by atoms with E-state index >= 15 is 0 Å². The molecule has 5 nitrogen and oxygen atoms in total. The number of amides is 3. The van der Waals surface area contributed by atoms with Crippen molar-refractivity contribution in [3.05, 3.63) is 47.8 Å². The number of hydrogen-bond donors (Lipinski definition) is 1. The van der Waals surface area contributed by atoms with Crippen LogP contribution in [0.3, 0.4) is 0 Å². The molecule has 1 aliphatic heterocycles. The lowest BCUT2D eigenvalue weighted by Crippen LogP contribution is -2.43. The van der Waals surface area contributed by atoms with E-state index in [9.17, 15) is 18.8 Å². The highest BCUT2D eigenvalue weighted by Crippen LogP contribution is 2.52. The van der Waals surface area contributed by atoms with E-state index in [1.54, 1.807) is 12.1 Å². The molecule has 0 spiro atoms. The maximum Gasteiger partial charge on any atom is 0.240 e. The summed E-state index contributed by atoms with van der Waals surface area (Å²) in [7, 11) is 0. The second-order valence-electron chi connectivity index (χ2n) is 8.90. The van der Waals surface area contributed by atoms with Gasteiger partial charge in [0.1, 0.15) is 12.4 Å². The summed E-state index contributed by atoms with van der Waals surface area (Å²) in [4.78, 5) is 39.7. The fourth-order valence-electron chi connectivity index (χ4n) is 5.92. The van der Waals surface area contributed by atoms with Crippen LogP contribution in [0.5, 0.6) is 0 Å². The van der Waals surface area contributed by atoms with Crippen molar-refractivity contribution < 1.29 is 18.8 Å². The predicted octanol–water partition coefficient (Wildman–Crippen LogP) is 2.98. The maximum absolute atomic E-state index is 13.4. The van der Waals surface area contributed by atoms with Crippen LogP contribution < -0.4 is 5.32 Å². The van der Waals surface area contributed by atoms with Crippen molar-refractivity contribution in [2.24, 2.45) is 29.6 Å². The van der Waals surface area contributed by atoms with Crippen molar-refractivity contribution in [2.45, 2.75) is 38.1 Å². The Kier molecular flexibility index (Phi) is 4.52. The molecular weight excluding hydrogens is 371 g/mol. The highest BCUT2D eigenvalue weighted by molar-refractivity contribution is 6.08. The lowest BCUT2D eigenvalue weighted by molar-refractivity contribution is -0.144. The van der Waals surface area contributed by atoms with Gasteiger partial charge in [0.05, 0.1) is 17.9 Å². The number of nitrogens with zero attached hydrogens (tertiary/aromatic N) is 1. The van der Waals surface area contributed by atoms with Gasteiger partial charge in [-0.2, -0.15) is 0 Å². The molecule has 2 bridgehead atoms. The number of carbonyl (C=O) groups is 3. The number of rotatable bonds is 5. The molecule has 3 amide bonds. The van der Waals surface area contributed by atoms with Gasteiger partial charge in [-0.15, -0.1) is 0 Å². The SMILES string of the molecule is O=C(CN1C(=O)[C@@H]2[C@H](C1=O)[C@H]1C=C[C@H]2C1)N[C@H](c1ccc(F)cc1)C1CCCC1. The Balaban J connectivity index is 1.30. The Labute approximate surface area is 169 Å². The van der Waals surface area contributed by atoms with Crippen LogP contribution in [0.25, 0.3) is 0 Å². The number of allylic oxidation sites excluding steroid dienone is 2. The quantitative estimate of drug-likeness (QED) is 0.615. The van der Waals surface area contributed by atoms with Gasteiger partial charge >= 0.3 is 0 Å². The summed E-state index contributed by atoms with van der Waals surface area (Å²) in [5.74, 6) is -1.05. The maximum atomic E-state index is 13.4. The zero-order valence-corrected chi connectivity index (χ0v) is 16.2. The molecule has 4 aliphatic rings. The summed E-state index contributed by atoms with van der Waals surface area (Å²) in [6, 6.07) is 5.99. The minimum atomic E-state index is -0.326. The van der Waals surface area contributed by atoms with E-state index in [1.165, 1.54) is 12.1 Å². The van der Waals surface area contributed by atoms with Gasteiger partial charge in [0.25, 0.3) is 0 Å². The van der Waals surface area contributed by atoms with Gasteiger partial charge in [-0.3, -0.25) is 19.3 Å². The molecule has 1 N–H and O–H groups in total. The predicted molar refractivity (Wildman–Crippen MR) is 104 cm³/mol. The molecule has 6 heteroatoms. The Morgan fingerprint density at radius 2 is 1.62 bits per heavy atom. The highest BCUT2D eigenvalue weighted by atomic mass is 19.1. The van der Waals surface area contributed by atoms with Crippen molar-refractivity contribution in [1.82, 2.24) is 10.2 Å². The Morgan fingerprint density at radius 3 is 2.21 bits per heavy atom. The van der Waals surface area contributed by atoms with Crippen molar-refractivity contribution in [3.63, 3.8) is 0 Å². The molecule has 0 unspecified atom stereocenters. The second kappa shape index (κ2) is 7.08. The van der Waals surface area contributed by atoms with E-state index in [4.69, 9.17) is 0 Å². The van der Waals surface area contributed by atoms with Gasteiger partial charge in [-0.25, -0.2) is 4.39 Å². The first-order valence-corrected chi connectivity index (χ1v) is 10.6. The highest BCUT2D eigenvalue weighted by Gasteiger charge is 2.59. The molecule has 152 valence electrons. The van der Waals surface area contributed by atoms with Gasteiger partial charge in [0.15, 0.2) is 0 Å². The summed E-state index contributed by atoms with van der Waals surface area (Å²) < 4.78 is 13.4. The van der Waals surface area contributed by atoms with Crippen LogP contribution in [0.1, 0.15) is 43.7 Å². The topological polar surface area (TPSA) is 66.5 Å². The first-order valence-electron chi connectivity index (χ1n) is 10.6. The van der Waals surface area contributed by atoms with Crippen LogP contribution >= 0.6 is 0 Å². The molecule has 29 heavy (non-hydrogen) atoms. The number of carbonyl (C=O) groups excluding carboxylic acids is 3. The molecule has 1 saturated heterocycles. The Morgan fingerprint density at radius 1 is 1.03 bits per heavy atom. The summed E-state index contributed by atoms with van der Waals surface area (Å²) >= 11 is 0. The molecule has 3 fully saturated rings. The van der Waals surface area contributed by atoms with Gasteiger partial charge in [0, 0.05) is 0 Å². The molecule has 5 atom stereocenters. The van der Waals surface area contributed by atoms with Crippen molar-refractivity contribution >= 4 is 17.7 Å². The van der Waals surface area contributed by atoms with Crippen molar-refractivity contribution in [1.29, 1.82) is 0 Å². The monoisotopic (exact) mass is 396 g/mol. The molecule has 1 heterocycles. The third kappa shape index (κ3) is 3.09. The lowest BCUT2D eigenvalue weighted by atomic mass is 9.85. The van der Waals surface area contributed by atoms with E-state index in [-0.39, 0.29) is 65.7 Å². The molecule has 5 rings (SSSR count).